The summed E-state index contributed by atoms with van der Waals surface area (Å²) in [5.74, 6) is 2.70. The largest absolute Gasteiger partial charge is 0.361 e. The molecule has 4 aromatic rings. The third-order valence-corrected chi connectivity index (χ3v) is 7.63. The van der Waals surface area contributed by atoms with Crippen LogP contribution < -0.4 is 0 Å². The summed E-state index contributed by atoms with van der Waals surface area (Å²) in [4.78, 5) is 2.58. The molecule has 9 heteroatoms. The van der Waals surface area contributed by atoms with Crippen LogP contribution in [-0.2, 0) is 19.9 Å². The molecule has 0 aliphatic carbocycles. The smallest absolute Gasteiger partial charge is 0.191 e. The van der Waals surface area contributed by atoms with Crippen molar-refractivity contribution < 1.29 is 4.52 Å². The van der Waals surface area contributed by atoms with Gasteiger partial charge in [0.1, 0.15) is 11.5 Å². The van der Waals surface area contributed by atoms with Gasteiger partial charge in [-0.1, -0.05) is 52.8 Å². The predicted molar refractivity (Wildman–Crippen MR) is 145 cm³/mol. The van der Waals surface area contributed by atoms with Gasteiger partial charge in [-0.05, 0) is 62.1 Å². The number of halogens is 2. The number of hydrogen-bond donors (Lipinski definition) is 0. The number of benzene rings is 2. The Hall–Kier alpha value is -2.32. The van der Waals surface area contributed by atoms with Crippen LogP contribution in [0.4, 0.5) is 0 Å². The number of fused-ring (bicyclic) bond motifs is 1. The lowest BCUT2D eigenvalue weighted by Crippen LogP contribution is -2.27. The van der Waals surface area contributed by atoms with Crippen molar-refractivity contribution in [2.24, 2.45) is 7.05 Å². The summed E-state index contributed by atoms with van der Waals surface area (Å²) in [6.45, 7) is 5.21. The predicted octanol–water partition coefficient (Wildman–Crippen LogP) is 6.10. The molecular weight excluding hydrogens is 501 g/mol. The van der Waals surface area contributed by atoms with Gasteiger partial charge in [0.15, 0.2) is 11.0 Å². The fourth-order valence-electron chi connectivity index (χ4n) is 4.43. The summed E-state index contributed by atoms with van der Waals surface area (Å²) in [5.41, 5.74) is 5.93. The van der Waals surface area contributed by atoms with E-state index in [0.717, 1.165) is 78.2 Å². The van der Waals surface area contributed by atoms with Gasteiger partial charge in [-0.2, -0.15) is 0 Å². The Morgan fingerprint density at radius 2 is 1.83 bits per heavy atom. The summed E-state index contributed by atoms with van der Waals surface area (Å²) < 4.78 is 7.30. The molecule has 0 N–H and O–H groups in total. The number of aromatic nitrogens is 4. The highest BCUT2D eigenvalue weighted by Crippen LogP contribution is 2.26. The van der Waals surface area contributed by atoms with E-state index in [-0.39, 0.29) is 12.4 Å². The van der Waals surface area contributed by atoms with Gasteiger partial charge in [0.05, 0.1) is 0 Å². The zero-order valence-electron chi connectivity index (χ0n) is 19.9. The van der Waals surface area contributed by atoms with Crippen molar-refractivity contribution in [3.63, 3.8) is 0 Å². The van der Waals surface area contributed by atoms with E-state index < -0.39 is 0 Å². The molecule has 1 aliphatic rings. The van der Waals surface area contributed by atoms with Gasteiger partial charge < -0.3 is 14.0 Å². The minimum atomic E-state index is 0. The molecule has 35 heavy (non-hydrogen) atoms. The zero-order chi connectivity index (χ0) is 23.5. The van der Waals surface area contributed by atoms with Crippen molar-refractivity contribution in [3.05, 3.63) is 70.4 Å². The van der Waals surface area contributed by atoms with Crippen molar-refractivity contribution in [1.29, 1.82) is 0 Å². The minimum Gasteiger partial charge on any atom is -0.361 e. The zero-order valence-corrected chi connectivity index (χ0v) is 22.3. The molecule has 0 spiro atoms. The van der Waals surface area contributed by atoms with Gasteiger partial charge in [0.2, 0.25) is 0 Å². The molecule has 6 nitrogen and oxygen atoms in total. The fourth-order valence-corrected chi connectivity index (χ4v) is 5.45. The van der Waals surface area contributed by atoms with Crippen LogP contribution in [0, 0.1) is 6.92 Å². The van der Waals surface area contributed by atoms with Crippen molar-refractivity contribution in [1.82, 2.24) is 24.8 Å². The Labute approximate surface area is 221 Å². The fraction of sp³-hybridized carbons (Fsp3) is 0.346. The number of thioether (sulfide) groups is 1. The van der Waals surface area contributed by atoms with Crippen LogP contribution in [0.25, 0.3) is 22.6 Å². The van der Waals surface area contributed by atoms with Crippen molar-refractivity contribution >= 4 is 35.8 Å². The summed E-state index contributed by atoms with van der Waals surface area (Å²) in [7, 11) is 2.01. The molecule has 0 saturated heterocycles. The molecule has 3 heterocycles. The van der Waals surface area contributed by atoms with Gasteiger partial charge >= 0.3 is 0 Å². The van der Waals surface area contributed by atoms with Crippen LogP contribution in [0.1, 0.15) is 23.3 Å². The van der Waals surface area contributed by atoms with Gasteiger partial charge in [0.25, 0.3) is 0 Å². The molecule has 0 fully saturated rings. The summed E-state index contributed by atoms with van der Waals surface area (Å²) in [5, 5.41) is 14.6. The Morgan fingerprint density at radius 3 is 2.60 bits per heavy atom. The quantitative estimate of drug-likeness (QED) is 0.213. The first-order valence-corrected chi connectivity index (χ1v) is 13.0. The van der Waals surface area contributed by atoms with E-state index in [2.05, 4.69) is 38.5 Å². The van der Waals surface area contributed by atoms with Gasteiger partial charge in [0, 0.05) is 48.1 Å². The maximum atomic E-state index is 6.13. The molecule has 184 valence electrons. The minimum absolute atomic E-state index is 0. The second-order valence-corrected chi connectivity index (χ2v) is 10.2. The van der Waals surface area contributed by atoms with E-state index in [1.807, 2.05) is 48.9 Å². The normalized spacial score (nSPS) is 13.8. The summed E-state index contributed by atoms with van der Waals surface area (Å²) in [6.07, 6.45) is 3.27. The van der Waals surface area contributed by atoms with Gasteiger partial charge in [-0.15, -0.1) is 22.6 Å². The molecule has 0 bridgehead atoms. The highest BCUT2D eigenvalue weighted by Gasteiger charge is 2.16. The Balaban J connectivity index is 0.00000289. The molecule has 0 radical (unpaired) electrons. The Morgan fingerprint density at radius 1 is 1.00 bits per heavy atom. The van der Waals surface area contributed by atoms with Crippen LogP contribution >= 0.6 is 35.8 Å². The SMILES string of the molecule is Cc1cc(-c2ccc3c(c2)CCN(CCCSc2nnc(-c4cccc(Cl)c4)n2C)CC3)no1.Cl. The van der Waals surface area contributed by atoms with E-state index in [1.165, 1.54) is 11.1 Å². The van der Waals surface area contributed by atoms with E-state index in [0.29, 0.717) is 5.02 Å². The number of nitrogens with zero attached hydrogens (tertiary/aromatic N) is 5. The second kappa shape index (κ2) is 11.6. The lowest BCUT2D eigenvalue weighted by molar-refractivity contribution is 0.289. The summed E-state index contributed by atoms with van der Waals surface area (Å²) in [6, 6.07) is 16.5. The number of hydrogen-bond acceptors (Lipinski definition) is 6. The average molecular weight is 531 g/mol. The van der Waals surface area contributed by atoms with Crippen molar-refractivity contribution in [2.45, 2.75) is 31.3 Å². The molecule has 0 unspecified atom stereocenters. The standard InChI is InChI=1S/C26H28ClN5OS.ClH/c1-18-15-24(30-33-18)21-8-7-19-9-12-32(13-10-20(19)16-21)11-4-14-34-26-29-28-25(31(26)2)22-5-3-6-23(27)17-22;/h3,5-8,15-17H,4,9-14H2,1-2H3;1H. The first kappa shape index (κ1) is 25.8. The van der Waals surface area contributed by atoms with Crippen LogP contribution in [-0.4, -0.2) is 50.2 Å². The second-order valence-electron chi connectivity index (χ2n) is 8.73. The van der Waals surface area contributed by atoms with Gasteiger partial charge in [-0.3, -0.25) is 0 Å². The van der Waals surface area contributed by atoms with Crippen LogP contribution in [0.3, 0.4) is 0 Å². The Kier molecular flexibility index (Phi) is 8.55. The third kappa shape index (κ3) is 6.09. The first-order chi connectivity index (χ1) is 16.6. The van der Waals surface area contributed by atoms with Crippen LogP contribution in [0.15, 0.2) is 58.2 Å². The third-order valence-electron chi connectivity index (χ3n) is 6.29. The molecule has 0 amide bonds. The molecule has 0 saturated carbocycles. The monoisotopic (exact) mass is 529 g/mol. The number of rotatable bonds is 7. The topological polar surface area (TPSA) is 60.0 Å². The lowest BCUT2D eigenvalue weighted by Gasteiger charge is -2.19. The lowest BCUT2D eigenvalue weighted by atomic mass is 9.99. The molecule has 5 rings (SSSR count). The molecule has 2 aromatic carbocycles. The molecule has 2 aromatic heterocycles. The Bertz CT molecular complexity index is 1290. The maximum Gasteiger partial charge on any atom is 0.191 e. The summed E-state index contributed by atoms with van der Waals surface area (Å²) >= 11 is 7.90. The van der Waals surface area contributed by atoms with Crippen LogP contribution in [0.2, 0.25) is 5.02 Å². The number of aryl methyl sites for hydroxylation is 1. The molecule has 1 aliphatic heterocycles. The van der Waals surface area contributed by atoms with Gasteiger partial charge in [-0.25, -0.2) is 0 Å². The van der Waals surface area contributed by atoms with Crippen molar-refractivity contribution in [2.75, 3.05) is 25.4 Å². The average Bonchev–Trinajstić information content (AvgIpc) is 3.37. The van der Waals surface area contributed by atoms with Crippen LogP contribution in [0.5, 0.6) is 0 Å². The van der Waals surface area contributed by atoms with E-state index >= 15 is 0 Å². The van der Waals surface area contributed by atoms with E-state index in [4.69, 9.17) is 16.1 Å². The van der Waals surface area contributed by atoms with Crippen molar-refractivity contribution in [3.8, 4) is 22.6 Å². The molecular formula is C26H29Cl2N5OS. The highest BCUT2D eigenvalue weighted by atomic mass is 35.5. The van der Waals surface area contributed by atoms with E-state index in [1.54, 1.807) is 11.8 Å². The highest BCUT2D eigenvalue weighted by molar-refractivity contribution is 7.99. The van der Waals surface area contributed by atoms with E-state index in [9.17, 15) is 0 Å². The molecule has 0 atom stereocenters. The first-order valence-electron chi connectivity index (χ1n) is 11.6. The maximum absolute atomic E-state index is 6.13.